The zero-order valence-corrected chi connectivity index (χ0v) is 16.6. The average molecular weight is 443 g/mol. The monoisotopic (exact) mass is 442 g/mol. The first-order chi connectivity index (χ1) is 13.1. The van der Waals surface area contributed by atoms with Crippen LogP contribution in [0.1, 0.15) is 31.4 Å². The standard InChI is InChI=1S/C19H15BrN4O2S/c20-13-6-4-12(5-7-13)18(26)24-10-8-14-16(11-24)27-19(22-14)23-17(25)15-3-1-2-9-21-15/h1-7,9H,8,10-11H2,(H,22,23,25). The van der Waals surface area contributed by atoms with Gasteiger partial charge in [-0.15, -0.1) is 0 Å². The summed E-state index contributed by atoms with van der Waals surface area (Å²) in [6, 6.07) is 12.5. The molecule has 0 atom stereocenters. The van der Waals surface area contributed by atoms with Crippen LogP contribution < -0.4 is 5.32 Å². The van der Waals surface area contributed by atoms with E-state index in [2.05, 4.69) is 31.2 Å². The molecule has 8 heteroatoms. The maximum Gasteiger partial charge on any atom is 0.276 e. The smallest absolute Gasteiger partial charge is 0.276 e. The normalized spacial score (nSPS) is 13.1. The molecule has 136 valence electrons. The van der Waals surface area contributed by atoms with E-state index in [-0.39, 0.29) is 11.8 Å². The summed E-state index contributed by atoms with van der Waals surface area (Å²) in [4.78, 5) is 36.3. The average Bonchev–Trinajstić information content (AvgIpc) is 3.10. The van der Waals surface area contributed by atoms with E-state index in [9.17, 15) is 9.59 Å². The molecule has 1 aliphatic rings. The highest BCUT2D eigenvalue weighted by Gasteiger charge is 2.25. The van der Waals surface area contributed by atoms with E-state index >= 15 is 0 Å². The molecule has 3 heterocycles. The van der Waals surface area contributed by atoms with E-state index < -0.39 is 0 Å². The number of rotatable bonds is 3. The minimum absolute atomic E-state index is 0.000575. The molecule has 1 aliphatic heterocycles. The molecular formula is C19H15BrN4O2S. The number of carbonyl (C=O) groups excluding carboxylic acids is 2. The summed E-state index contributed by atoms with van der Waals surface area (Å²) in [5.74, 6) is -0.287. The molecule has 0 fully saturated rings. The van der Waals surface area contributed by atoms with Crippen LogP contribution in [-0.4, -0.2) is 33.2 Å². The number of fused-ring (bicyclic) bond motifs is 1. The van der Waals surface area contributed by atoms with Gasteiger partial charge >= 0.3 is 0 Å². The van der Waals surface area contributed by atoms with Gasteiger partial charge in [-0.25, -0.2) is 4.98 Å². The number of hydrogen-bond donors (Lipinski definition) is 1. The molecule has 0 spiro atoms. The number of nitrogens with one attached hydrogen (secondary N) is 1. The topological polar surface area (TPSA) is 75.2 Å². The first kappa shape index (κ1) is 17.8. The predicted octanol–water partition coefficient (Wildman–Crippen LogP) is 3.75. The van der Waals surface area contributed by atoms with Crippen LogP contribution in [-0.2, 0) is 13.0 Å². The lowest BCUT2D eigenvalue weighted by Crippen LogP contribution is -2.35. The van der Waals surface area contributed by atoms with Gasteiger partial charge in [-0.1, -0.05) is 33.3 Å². The minimum atomic E-state index is -0.288. The molecule has 6 nitrogen and oxygen atoms in total. The van der Waals surface area contributed by atoms with Crippen LogP contribution in [0.25, 0.3) is 0 Å². The second kappa shape index (κ2) is 7.58. The van der Waals surface area contributed by atoms with Gasteiger partial charge in [-0.3, -0.25) is 19.9 Å². The summed E-state index contributed by atoms with van der Waals surface area (Å²) in [6.45, 7) is 1.11. The summed E-state index contributed by atoms with van der Waals surface area (Å²) >= 11 is 4.79. The van der Waals surface area contributed by atoms with Crippen LogP contribution in [0.4, 0.5) is 5.13 Å². The van der Waals surface area contributed by atoms with Gasteiger partial charge in [0.1, 0.15) is 5.69 Å². The van der Waals surface area contributed by atoms with Gasteiger partial charge in [0.2, 0.25) is 0 Å². The Hall–Kier alpha value is -2.58. The minimum Gasteiger partial charge on any atom is -0.333 e. The summed E-state index contributed by atoms with van der Waals surface area (Å²) in [7, 11) is 0. The number of pyridine rings is 1. The van der Waals surface area contributed by atoms with Gasteiger partial charge in [0.15, 0.2) is 5.13 Å². The van der Waals surface area contributed by atoms with Crippen molar-refractivity contribution < 1.29 is 9.59 Å². The Morgan fingerprint density at radius 3 is 2.70 bits per heavy atom. The highest BCUT2D eigenvalue weighted by molar-refractivity contribution is 9.10. The first-order valence-corrected chi connectivity index (χ1v) is 9.97. The number of hydrogen-bond acceptors (Lipinski definition) is 5. The number of carbonyl (C=O) groups is 2. The van der Waals surface area contributed by atoms with Crippen LogP contribution in [0.3, 0.4) is 0 Å². The molecule has 0 radical (unpaired) electrons. The zero-order valence-electron chi connectivity index (χ0n) is 14.2. The van der Waals surface area contributed by atoms with Crippen LogP contribution in [0.15, 0.2) is 53.1 Å². The van der Waals surface area contributed by atoms with Crippen LogP contribution in [0, 0.1) is 0 Å². The fraction of sp³-hybridized carbons (Fsp3) is 0.158. The fourth-order valence-corrected chi connectivity index (χ4v) is 4.14. The van der Waals surface area contributed by atoms with Crippen molar-refractivity contribution in [2.45, 2.75) is 13.0 Å². The second-order valence-corrected chi connectivity index (χ2v) is 8.04. The van der Waals surface area contributed by atoms with Crippen molar-refractivity contribution in [3.63, 3.8) is 0 Å². The highest BCUT2D eigenvalue weighted by atomic mass is 79.9. The third-order valence-corrected chi connectivity index (χ3v) is 5.75. The zero-order chi connectivity index (χ0) is 18.8. The van der Waals surface area contributed by atoms with E-state index in [0.29, 0.717) is 35.9 Å². The second-order valence-electron chi connectivity index (χ2n) is 6.04. The first-order valence-electron chi connectivity index (χ1n) is 8.36. The van der Waals surface area contributed by atoms with Crippen molar-refractivity contribution in [1.82, 2.24) is 14.9 Å². The molecule has 0 saturated carbocycles. The lowest BCUT2D eigenvalue weighted by Gasteiger charge is -2.26. The van der Waals surface area contributed by atoms with Crippen LogP contribution in [0.5, 0.6) is 0 Å². The maximum absolute atomic E-state index is 12.7. The maximum atomic E-state index is 12.7. The fourth-order valence-electron chi connectivity index (χ4n) is 2.86. The molecule has 2 aromatic heterocycles. The summed E-state index contributed by atoms with van der Waals surface area (Å²) < 4.78 is 0.940. The molecule has 27 heavy (non-hydrogen) atoms. The molecule has 0 bridgehead atoms. The Kier molecular flexibility index (Phi) is 5.00. The van der Waals surface area contributed by atoms with Gasteiger partial charge in [0.05, 0.1) is 12.2 Å². The molecular weight excluding hydrogens is 428 g/mol. The number of thiazole rings is 1. The summed E-state index contributed by atoms with van der Waals surface area (Å²) in [6.07, 6.45) is 2.25. The quantitative estimate of drug-likeness (QED) is 0.669. The third kappa shape index (κ3) is 3.91. The molecule has 4 rings (SSSR count). The highest BCUT2D eigenvalue weighted by Crippen LogP contribution is 2.29. The van der Waals surface area contributed by atoms with Gasteiger partial charge in [0, 0.05) is 34.1 Å². The number of amides is 2. The van der Waals surface area contributed by atoms with Crippen molar-refractivity contribution >= 4 is 44.2 Å². The van der Waals surface area contributed by atoms with Crippen LogP contribution >= 0.6 is 27.3 Å². The van der Waals surface area contributed by atoms with E-state index in [1.54, 1.807) is 24.4 Å². The van der Waals surface area contributed by atoms with E-state index in [1.165, 1.54) is 11.3 Å². The molecule has 3 aromatic rings. The number of benzene rings is 1. The lowest BCUT2D eigenvalue weighted by molar-refractivity contribution is 0.0736. The molecule has 0 aliphatic carbocycles. The number of halogens is 1. The Bertz CT molecular complexity index is 989. The van der Waals surface area contributed by atoms with E-state index in [4.69, 9.17) is 0 Å². The van der Waals surface area contributed by atoms with E-state index in [1.807, 2.05) is 29.2 Å². The molecule has 0 saturated heterocycles. The molecule has 1 aromatic carbocycles. The Balaban J connectivity index is 1.47. The van der Waals surface area contributed by atoms with Crippen molar-refractivity contribution in [3.05, 3.63) is 75.0 Å². The van der Waals surface area contributed by atoms with E-state index in [0.717, 1.165) is 15.0 Å². The largest absolute Gasteiger partial charge is 0.333 e. The number of aromatic nitrogens is 2. The van der Waals surface area contributed by atoms with Crippen molar-refractivity contribution in [1.29, 1.82) is 0 Å². The number of nitrogens with zero attached hydrogens (tertiary/aromatic N) is 3. The van der Waals surface area contributed by atoms with Crippen LogP contribution in [0.2, 0.25) is 0 Å². The third-order valence-electron chi connectivity index (χ3n) is 4.23. The molecule has 0 unspecified atom stereocenters. The van der Waals surface area contributed by atoms with Crippen molar-refractivity contribution in [3.8, 4) is 0 Å². The molecule has 2 amide bonds. The Labute approximate surface area is 168 Å². The predicted molar refractivity (Wildman–Crippen MR) is 107 cm³/mol. The van der Waals surface area contributed by atoms with Crippen molar-refractivity contribution in [2.75, 3.05) is 11.9 Å². The summed E-state index contributed by atoms with van der Waals surface area (Å²) in [5.41, 5.74) is 1.95. The lowest BCUT2D eigenvalue weighted by atomic mass is 10.1. The SMILES string of the molecule is O=C(Nc1nc2c(s1)CN(C(=O)c1ccc(Br)cc1)CC2)c1ccccn1. The van der Waals surface area contributed by atoms with Gasteiger partial charge < -0.3 is 4.90 Å². The molecule has 1 N–H and O–H groups in total. The van der Waals surface area contributed by atoms with Gasteiger partial charge in [0.25, 0.3) is 11.8 Å². The Morgan fingerprint density at radius 1 is 1.15 bits per heavy atom. The Morgan fingerprint density at radius 2 is 1.96 bits per heavy atom. The van der Waals surface area contributed by atoms with Crippen molar-refractivity contribution in [2.24, 2.45) is 0 Å². The van der Waals surface area contributed by atoms with Gasteiger partial charge in [-0.05, 0) is 36.4 Å². The summed E-state index contributed by atoms with van der Waals surface area (Å²) in [5, 5.41) is 3.33. The number of anilines is 1. The van der Waals surface area contributed by atoms with Gasteiger partial charge in [-0.2, -0.15) is 0 Å².